The third kappa shape index (κ3) is 3.53. The normalized spacial score (nSPS) is 13.0. The lowest BCUT2D eigenvalue weighted by atomic mass is 9.90. The minimum absolute atomic E-state index is 0.0680. The topological polar surface area (TPSA) is 85.1 Å². The highest BCUT2D eigenvalue weighted by Gasteiger charge is 2.19. The number of hydrogen-bond acceptors (Lipinski definition) is 5. The van der Waals surface area contributed by atoms with Crippen LogP contribution in [-0.4, -0.2) is 15.8 Å². The van der Waals surface area contributed by atoms with Gasteiger partial charge in [-0.2, -0.15) is 0 Å². The number of hydrogen-bond donors (Lipinski definition) is 1. The van der Waals surface area contributed by atoms with Gasteiger partial charge in [-0.05, 0) is 55.9 Å². The van der Waals surface area contributed by atoms with Gasteiger partial charge in [0.15, 0.2) is 5.13 Å². The molecule has 28 heavy (non-hydrogen) atoms. The smallest absolute Gasteiger partial charge is 0.273 e. The minimum atomic E-state index is -0.482. The molecule has 0 unspecified atom stereocenters. The second kappa shape index (κ2) is 7.52. The molecule has 0 bridgehead atoms. The number of nitro benzene ring substituents is 1. The zero-order chi connectivity index (χ0) is 19.7. The third-order valence-corrected chi connectivity index (χ3v) is 5.87. The van der Waals surface area contributed by atoms with Gasteiger partial charge in [-0.3, -0.25) is 20.2 Å². The lowest BCUT2D eigenvalue weighted by Crippen LogP contribution is -2.14. The largest absolute Gasteiger partial charge is 0.298 e. The van der Waals surface area contributed by atoms with E-state index in [4.69, 9.17) is 0 Å². The molecule has 2 aromatic carbocycles. The Bertz CT molecular complexity index is 1070. The summed E-state index contributed by atoms with van der Waals surface area (Å²) in [6, 6.07) is 10.9. The highest BCUT2D eigenvalue weighted by molar-refractivity contribution is 7.14. The Kier molecular flexibility index (Phi) is 4.92. The fourth-order valence-electron chi connectivity index (χ4n) is 3.59. The van der Waals surface area contributed by atoms with Crippen LogP contribution in [0.1, 0.15) is 39.9 Å². The van der Waals surface area contributed by atoms with E-state index in [1.54, 1.807) is 13.0 Å². The summed E-state index contributed by atoms with van der Waals surface area (Å²) < 4.78 is 0. The standard InChI is InChI=1S/C21H19N3O3S/c1-13-17(7-4-8-19(13)24(26)27)20(25)23-21-22-18(12-28-21)16-10-9-14-5-2-3-6-15(14)11-16/h4,7-12H,2-3,5-6H2,1H3,(H,22,23,25). The molecule has 4 rings (SSSR count). The van der Waals surface area contributed by atoms with Crippen LogP contribution in [0.4, 0.5) is 10.8 Å². The minimum Gasteiger partial charge on any atom is -0.298 e. The summed E-state index contributed by atoms with van der Waals surface area (Å²) in [5.41, 5.74) is 5.22. The van der Waals surface area contributed by atoms with Crippen molar-refractivity contribution in [3.63, 3.8) is 0 Å². The predicted molar refractivity (Wildman–Crippen MR) is 110 cm³/mol. The number of fused-ring (bicyclic) bond motifs is 1. The Morgan fingerprint density at radius 2 is 1.96 bits per heavy atom. The van der Waals surface area contributed by atoms with Crippen molar-refractivity contribution in [1.29, 1.82) is 0 Å². The molecule has 0 saturated heterocycles. The number of anilines is 1. The molecule has 1 N–H and O–H groups in total. The number of rotatable bonds is 4. The molecule has 1 aliphatic carbocycles. The van der Waals surface area contributed by atoms with Crippen LogP contribution in [0, 0.1) is 17.0 Å². The van der Waals surface area contributed by atoms with Crippen molar-refractivity contribution in [3.05, 3.63) is 74.1 Å². The molecule has 6 nitrogen and oxygen atoms in total. The van der Waals surface area contributed by atoms with Crippen molar-refractivity contribution >= 4 is 28.1 Å². The van der Waals surface area contributed by atoms with Crippen LogP contribution < -0.4 is 5.32 Å². The van der Waals surface area contributed by atoms with Gasteiger partial charge in [0.2, 0.25) is 0 Å². The fraction of sp³-hybridized carbons (Fsp3) is 0.238. The maximum atomic E-state index is 12.6. The van der Waals surface area contributed by atoms with Gasteiger partial charge in [-0.1, -0.05) is 18.2 Å². The number of nitro groups is 1. The first-order chi connectivity index (χ1) is 13.5. The molecule has 0 saturated carbocycles. The van der Waals surface area contributed by atoms with Gasteiger partial charge in [0.1, 0.15) is 0 Å². The third-order valence-electron chi connectivity index (χ3n) is 5.12. The predicted octanol–water partition coefficient (Wildman–Crippen LogP) is 5.16. The van der Waals surface area contributed by atoms with Crippen molar-refractivity contribution in [1.82, 2.24) is 4.98 Å². The average molecular weight is 393 g/mol. The molecular formula is C21H19N3O3S. The summed E-state index contributed by atoms with van der Waals surface area (Å²) in [6.07, 6.45) is 4.70. The number of aryl methyl sites for hydroxylation is 2. The zero-order valence-electron chi connectivity index (χ0n) is 15.4. The first kappa shape index (κ1) is 18.3. The highest BCUT2D eigenvalue weighted by Crippen LogP contribution is 2.30. The Labute approximate surface area is 166 Å². The summed E-state index contributed by atoms with van der Waals surface area (Å²) in [7, 11) is 0. The molecule has 7 heteroatoms. The lowest BCUT2D eigenvalue weighted by molar-refractivity contribution is -0.385. The van der Waals surface area contributed by atoms with Gasteiger partial charge in [0, 0.05) is 28.1 Å². The Morgan fingerprint density at radius 3 is 2.75 bits per heavy atom. The number of carbonyl (C=O) groups excluding carboxylic acids is 1. The van der Waals surface area contributed by atoms with Crippen LogP contribution in [0.3, 0.4) is 0 Å². The number of thiazole rings is 1. The summed E-state index contributed by atoms with van der Waals surface area (Å²) in [6.45, 7) is 1.58. The quantitative estimate of drug-likeness (QED) is 0.490. The van der Waals surface area contributed by atoms with E-state index in [0.717, 1.165) is 24.1 Å². The Balaban J connectivity index is 1.55. The van der Waals surface area contributed by atoms with Crippen LogP contribution in [0.5, 0.6) is 0 Å². The molecule has 1 aliphatic rings. The summed E-state index contributed by atoms with van der Waals surface area (Å²) in [5, 5.41) is 16.2. The van der Waals surface area contributed by atoms with E-state index in [2.05, 4.69) is 28.5 Å². The molecule has 0 radical (unpaired) electrons. The Hall–Kier alpha value is -3.06. The van der Waals surface area contributed by atoms with Gasteiger partial charge < -0.3 is 0 Å². The second-order valence-electron chi connectivity index (χ2n) is 6.89. The number of benzene rings is 2. The number of carbonyl (C=O) groups is 1. The lowest BCUT2D eigenvalue weighted by Gasteiger charge is -2.16. The molecule has 142 valence electrons. The van der Waals surface area contributed by atoms with E-state index < -0.39 is 10.8 Å². The van der Waals surface area contributed by atoms with Gasteiger partial charge >= 0.3 is 0 Å². The molecule has 3 aromatic rings. The maximum Gasteiger partial charge on any atom is 0.273 e. The van der Waals surface area contributed by atoms with E-state index in [1.807, 2.05) is 5.38 Å². The highest BCUT2D eigenvalue weighted by atomic mass is 32.1. The van der Waals surface area contributed by atoms with Crippen molar-refractivity contribution < 1.29 is 9.72 Å². The van der Waals surface area contributed by atoms with Gasteiger partial charge in [-0.15, -0.1) is 11.3 Å². The number of amides is 1. The first-order valence-corrected chi connectivity index (χ1v) is 10.0. The molecule has 0 fully saturated rings. The van der Waals surface area contributed by atoms with Gasteiger partial charge in [0.25, 0.3) is 11.6 Å². The van der Waals surface area contributed by atoms with E-state index in [0.29, 0.717) is 10.7 Å². The molecule has 1 amide bonds. The molecule has 0 aliphatic heterocycles. The summed E-state index contributed by atoms with van der Waals surface area (Å²) in [4.78, 5) is 27.7. The van der Waals surface area contributed by atoms with E-state index >= 15 is 0 Å². The molecule has 1 heterocycles. The van der Waals surface area contributed by atoms with Crippen LogP contribution in [-0.2, 0) is 12.8 Å². The van der Waals surface area contributed by atoms with Crippen molar-refractivity contribution in [3.8, 4) is 11.3 Å². The number of nitrogens with one attached hydrogen (secondary N) is 1. The van der Waals surface area contributed by atoms with E-state index in [9.17, 15) is 14.9 Å². The number of aromatic nitrogens is 1. The SMILES string of the molecule is Cc1c(C(=O)Nc2nc(-c3ccc4c(c3)CCCC4)cs2)cccc1[N+](=O)[O-]. The zero-order valence-corrected chi connectivity index (χ0v) is 16.2. The molecule has 0 atom stereocenters. The average Bonchev–Trinajstić information content (AvgIpc) is 3.16. The number of nitrogens with zero attached hydrogens (tertiary/aromatic N) is 2. The van der Waals surface area contributed by atoms with Crippen LogP contribution in [0.25, 0.3) is 11.3 Å². The van der Waals surface area contributed by atoms with Crippen LogP contribution >= 0.6 is 11.3 Å². The molecule has 1 aromatic heterocycles. The van der Waals surface area contributed by atoms with Crippen molar-refractivity contribution in [2.75, 3.05) is 5.32 Å². The maximum absolute atomic E-state index is 12.6. The van der Waals surface area contributed by atoms with E-state index in [-0.39, 0.29) is 11.3 Å². The van der Waals surface area contributed by atoms with E-state index in [1.165, 1.54) is 47.4 Å². The summed E-state index contributed by atoms with van der Waals surface area (Å²) >= 11 is 1.34. The van der Waals surface area contributed by atoms with Crippen molar-refractivity contribution in [2.24, 2.45) is 0 Å². The van der Waals surface area contributed by atoms with Crippen LogP contribution in [0.2, 0.25) is 0 Å². The van der Waals surface area contributed by atoms with Crippen LogP contribution in [0.15, 0.2) is 41.8 Å². The summed E-state index contributed by atoms with van der Waals surface area (Å²) in [5.74, 6) is -0.396. The monoisotopic (exact) mass is 393 g/mol. The first-order valence-electron chi connectivity index (χ1n) is 9.16. The molecular weight excluding hydrogens is 374 g/mol. The second-order valence-corrected chi connectivity index (χ2v) is 7.75. The van der Waals surface area contributed by atoms with Gasteiger partial charge in [-0.25, -0.2) is 4.98 Å². The molecule has 0 spiro atoms. The van der Waals surface area contributed by atoms with Gasteiger partial charge in [0.05, 0.1) is 10.6 Å². The fourth-order valence-corrected chi connectivity index (χ4v) is 4.30. The van der Waals surface area contributed by atoms with Crippen molar-refractivity contribution in [2.45, 2.75) is 32.6 Å². The Morgan fingerprint density at radius 1 is 1.18 bits per heavy atom.